The minimum absolute atomic E-state index is 0.930. The van der Waals surface area contributed by atoms with Crippen molar-refractivity contribution in [1.82, 2.24) is 0 Å². The SMILES string of the molecule is CCC(CC)C1CC1C=C1C=C(C)C1. The molecule has 14 heavy (non-hydrogen) atoms. The molecule has 0 N–H and O–H groups in total. The maximum Gasteiger partial charge on any atom is -0.00697 e. The molecular formula is C14H22. The third kappa shape index (κ3) is 1.94. The zero-order valence-corrected chi connectivity index (χ0v) is 9.72. The van der Waals surface area contributed by atoms with Gasteiger partial charge in [-0.2, -0.15) is 0 Å². The molecule has 2 aliphatic rings. The van der Waals surface area contributed by atoms with Crippen LogP contribution in [0.2, 0.25) is 0 Å². The summed E-state index contributed by atoms with van der Waals surface area (Å²) in [6.45, 7) is 6.90. The minimum atomic E-state index is 0.930. The summed E-state index contributed by atoms with van der Waals surface area (Å²) < 4.78 is 0. The Morgan fingerprint density at radius 1 is 1.43 bits per heavy atom. The third-order valence-electron chi connectivity index (χ3n) is 3.89. The highest BCUT2D eigenvalue weighted by atomic mass is 14.4. The first-order valence-electron chi connectivity index (χ1n) is 6.12. The zero-order valence-electron chi connectivity index (χ0n) is 9.72. The summed E-state index contributed by atoms with van der Waals surface area (Å²) in [5.74, 6) is 2.94. The molecule has 2 aliphatic carbocycles. The van der Waals surface area contributed by atoms with E-state index >= 15 is 0 Å². The van der Waals surface area contributed by atoms with E-state index in [0.717, 1.165) is 17.8 Å². The van der Waals surface area contributed by atoms with Crippen molar-refractivity contribution in [3.05, 3.63) is 23.3 Å². The van der Waals surface area contributed by atoms with Gasteiger partial charge >= 0.3 is 0 Å². The number of allylic oxidation sites excluding steroid dienone is 4. The smallest absolute Gasteiger partial charge is 0.00697 e. The maximum atomic E-state index is 2.54. The highest BCUT2D eigenvalue weighted by Gasteiger charge is 2.39. The third-order valence-corrected chi connectivity index (χ3v) is 3.89. The summed E-state index contributed by atoms with van der Waals surface area (Å²) in [4.78, 5) is 0. The summed E-state index contributed by atoms with van der Waals surface area (Å²) in [6.07, 6.45) is 10.3. The number of hydrogen-bond donors (Lipinski definition) is 0. The van der Waals surface area contributed by atoms with E-state index in [1.165, 1.54) is 25.7 Å². The van der Waals surface area contributed by atoms with Crippen molar-refractivity contribution in [2.24, 2.45) is 17.8 Å². The Morgan fingerprint density at radius 3 is 2.57 bits per heavy atom. The highest BCUT2D eigenvalue weighted by Crippen LogP contribution is 2.49. The molecule has 2 atom stereocenters. The lowest BCUT2D eigenvalue weighted by atomic mass is 9.91. The second-order valence-corrected chi connectivity index (χ2v) is 5.05. The largest absolute Gasteiger partial charge is 0.0776 e. The molecule has 0 bridgehead atoms. The van der Waals surface area contributed by atoms with Gasteiger partial charge in [-0.25, -0.2) is 0 Å². The predicted molar refractivity (Wildman–Crippen MR) is 62.1 cm³/mol. The molecule has 1 saturated carbocycles. The Bertz CT molecular complexity index is 266. The van der Waals surface area contributed by atoms with Crippen LogP contribution in [0.5, 0.6) is 0 Å². The van der Waals surface area contributed by atoms with Gasteiger partial charge in [-0.15, -0.1) is 0 Å². The minimum Gasteiger partial charge on any atom is -0.0776 e. The lowest BCUT2D eigenvalue weighted by Gasteiger charge is -2.15. The second-order valence-electron chi connectivity index (χ2n) is 5.05. The van der Waals surface area contributed by atoms with Gasteiger partial charge in [-0.3, -0.25) is 0 Å². The van der Waals surface area contributed by atoms with Gasteiger partial charge in [0.25, 0.3) is 0 Å². The van der Waals surface area contributed by atoms with Crippen LogP contribution in [0, 0.1) is 17.8 Å². The molecule has 0 amide bonds. The van der Waals surface area contributed by atoms with Crippen LogP contribution in [0.25, 0.3) is 0 Å². The number of hydrogen-bond acceptors (Lipinski definition) is 0. The zero-order chi connectivity index (χ0) is 10.1. The van der Waals surface area contributed by atoms with Gasteiger partial charge in [0, 0.05) is 0 Å². The van der Waals surface area contributed by atoms with E-state index in [0.29, 0.717) is 0 Å². The van der Waals surface area contributed by atoms with Gasteiger partial charge in [0.2, 0.25) is 0 Å². The topological polar surface area (TPSA) is 0 Å². The maximum absolute atomic E-state index is 2.54. The van der Waals surface area contributed by atoms with E-state index in [1.807, 2.05) is 0 Å². The molecule has 0 heteroatoms. The Morgan fingerprint density at radius 2 is 2.07 bits per heavy atom. The summed E-state index contributed by atoms with van der Waals surface area (Å²) in [5, 5.41) is 0. The van der Waals surface area contributed by atoms with Gasteiger partial charge in [0.05, 0.1) is 0 Å². The van der Waals surface area contributed by atoms with E-state index in [-0.39, 0.29) is 0 Å². The van der Waals surface area contributed by atoms with Crippen LogP contribution in [0.4, 0.5) is 0 Å². The Labute approximate surface area is 88.1 Å². The van der Waals surface area contributed by atoms with Gasteiger partial charge < -0.3 is 0 Å². The van der Waals surface area contributed by atoms with E-state index in [1.54, 1.807) is 11.1 Å². The van der Waals surface area contributed by atoms with Crippen LogP contribution >= 0.6 is 0 Å². The summed E-state index contributed by atoms with van der Waals surface area (Å²) >= 11 is 0. The van der Waals surface area contributed by atoms with Crippen molar-refractivity contribution in [1.29, 1.82) is 0 Å². The Hall–Kier alpha value is -0.520. The van der Waals surface area contributed by atoms with Gasteiger partial charge in [-0.1, -0.05) is 44.4 Å². The van der Waals surface area contributed by atoms with Crippen molar-refractivity contribution < 1.29 is 0 Å². The molecule has 0 aromatic rings. The first-order valence-corrected chi connectivity index (χ1v) is 6.12. The van der Waals surface area contributed by atoms with Crippen LogP contribution in [-0.4, -0.2) is 0 Å². The van der Waals surface area contributed by atoms with Crippen LogP contribution < -0.4 is 0 Å². The average molecular weight is 190 g/mol. The molecule has 78 valence electrons. The van der Waals surface area contributed by atoms with Gasteiger partial charge in [0.15, 0.2) is 0 Å². The normalized spacial score (nSPS) is 33.1. The number of rotatable bonds is 4. The first-order chi connectivity index (χ1) is 6.74. The van der Waals surface area contributed by atoms with Crippen LogP contribution in [0.15, 0.2) is 23.3 Å². The predicted octanol–water partition coefficient (Wildman–Crippen LogP) is 4.34. The van der Waals surface area contributed by atoms with Crippen LogP contribution in [-0.2, 0) is 0 Å². The fourth-order valence-electron chi connectivity index (χ4n) is 2.85. The molecular weight excluding hydrogens is 168 g/mol. The standard InChI is InChI=1S/C14H22/c1-4-12(5-2)14-9-13(14)8-11-6-10(3)7-11/h6,8,12-14H,4-5,7,9H2,1-3H3. The molecule has 0 heterocycles. The Kier molecular flexibility index (Phi) is 2.80. The summed E-state index contributed by atoms with van der Waals surface area (Å²) in [5.41, 5.74) is 3.15. The van der Waals surface area contributed by atoms with Gasteiger partial charge in [-0.05, 0) is 43.1 Å². The molecule has 0 radical (unpaired) electrons. The molecule has 1 fully saturated rings. The van der Waals surface area contributed by atoms with Crippen LogP contribution in [0.3, 0.4) is 0 Å². The van der Waals surface area contributed by atoms with Crippen molar-refractivity contribution in [3.8, 4) is 0 Å². The summed E-state index contributed by atoms with van der Waals surface area (Å²) in [7, 11) is 0. The fraction of sp³-hybridized carbons (Fsp3) is 0.714. The molecule has 0 spiro atoms. The quantitative estimate of drug-likeness (QED) is 0.619. The highest BCUT2D eigenvalue weighted by molar-refractivity contribution is 5.38. The first kappa shape index (κ1) is 10.0. The Balaban J connectivity index is 1.85. The monoisotopic (exact) mass is 190 g/mol. The molecule has 0 saturated heterocycles. The molecule has 0 nitrogen and oxygen atoms in total. The molecule has 2 unspecified atom stereocenters. The van der Waals surface area contributed by atoms with Gasteiger partial charge in [0.1, 0.15) is 0 Å². The fourth-order valence-corrected chi connectivity index (χ4v) is 2.85. The lowest BCUT2D eigenvalue weighted by Crippen LogP contribution is -2.01. The average Bonchev–Trinajstić information content (AvgIpc) is 2.84. The lowest BCUT2D eigenvalue weighted by molar-refractivity contribution is 0.420. The van der Waals surface area contributed by atoms with E-state index in [2.05, 4.69) is 32.9 Å². The van der Waals surface area contributed by atoms with E-state index in [4.69, 9.17) is 0 Å². The summed E-state index contributed by atoms with van der Waals surface area (Å²) in [6, 6.07) is 0. The second kappa shape index (κ2) is 3.92. The van der Waals surface area contributed by atoms with Crippen molar-refractivity contribution in [2.45, 2.75) is 46.5 Å². The molecule has 2 rings (SSSR count). The molecule has 0 aromatic carbocycles. The van der Waals surface area contributed by atoms with Crippen molar-refractivity contribution in [2.75, 3.05) is 0 Å². The molecule has 0 aromatic heterocycles. The van der Waals surface area contributed by atoms with Crippen molar-refractivity contribution >= 4 is 0 Å². The molecule has 0 aliphatic heterocycles. The van der Waals surface area contributed by atoms with E-state index in [9.17, 15) is 0 Å². The van der Waals surface area contributed by atoms with Crippen LogP contribution in [0.1, 0.15) is 46.5 Å². The van der Waals surface area contributed by atoms with Crippen molar-refractivity contribution in [3.63, 3.8) is 0 Å². The van der Waals surface area contributed by atoms with E-state index < -0.39 is 0 Å².